The van der Waals surface area contributed by atoms with Crippen LogP contribution < -0.4 is 0 Å². The van der Waals surface area contributed by atoms with E-state index in [1.165, 1.54) is 16.8 Å². The average Bonchev–Trinajstić information content (AvgIpc) is 2.93. The summed E-state index contributed by atoms with van der Waals surface area (Å²) in [5.74, 6) is 0. The van der Waals surface area contributed by atoms with E-state index in [9.17, 15) is 0 Å². The molecule has 1 aromatic carbocycles. The Bertz CT molecular complexity index is 750. The molecule has 124 valence electrons. The molecule has 0 aliphatic carbocycles. The van der Waals surface area contributed by atoms with Gasteiger partial charge in [-0.3, -0.25) is 14.6 Å². The number of hydrogen-bond donors (Lipinski definition) is 0. The third-order valence-electron chi connectivity index (χ3n) is 4.40. The fourth-order valence-electron chi connectivity index (χ4n) is 2.81. The van der Waals surface area contributed by atoms with Crippen LogP contribution in [-0.4, -0.2) is 26.2 Å². The molecule has 0 radical (unpaired) electrons. The van der Waals surface area contributed by atoms with Crippen LogP contribution >= 0.6 is 0 Å². The van der Waals surface area contributed by atoms with Crippen molar-refractivity contribution in [2.24, 2.45) is 7.05 Å². The molecule has 0 saturated carbocycles. The highest BCUT2D eigenvalue weighted by molar-refractivity contribution is 5.17. The molecule has 24 heavy (non-hydrogen) atoms. The summed E-state index contributed by atoms with van der Waals surface area (Å²) in [6.07, 6.45) is 4.87. The zero-order valence-corrected chi connectivity index (χ0v) is 14.4. The van der Waals surface area contributed by atoms with E-state index in [-0.39, 0.29) is 0 Å². The summed E-state index contributed by atoms with van der Waals surface area (Å²) >= 11 is 0. The predicted octanol–water partition coefficient (Wildman–Crippen LogP) is 3.37. The van der Waals surface area contributed by atoms with Crippen LogP contribution in [0.4, 0.5) is 0 Å². The lowest BCUT2D eigenvalue weighted by atomic mass is 10.1. The lowest BCUT2D eigenvalue weighted by Crippen LogP contribution is -2.26. The van der Waals surface area contributed by atoms with Crippen molar-refractivity contribution in [2.75, 3.05) is 6.54 Å². The third kappa shape index (κ3) is 4.30. The van der Waals surface area contributed by atoms with Gasteiger partial charge in [-0.05, 0) is 31.0 Å². The fraction of sp³-hybridized carbons (Fsp3) is 0.300. The van der Waals surface area contributed by atoms with Crippen LogP contribution in [-0.2, 0) is 26.6 Å². The molecule has 0 atom stereocenters. The van der Waals surface area contributed by atoms with Crippen molar-refractivity contribution in [1.29, 1.82) is 0 Å². The highest BCUT2D eigenvalue weighted by Gasteiger charge is 2.12. The van der Waals surface area contributed by atoms with Crippen molar-refractivity contribution in [3.63, 3.8) is 0 Å². The van der Waals surface area contributed by atoms with Crippen molar-refractivity contribution in [3.8, 4) is 0 Å². The molecular formula is C20H24N4. The maximum Gasteiger partial charge on any atom is 0.0544 e. The van der Waals surface area contributed by atoms with Crippen molar-refractivity contribution in [2.45, 2.75) is 26.4 Å². The molecule has 0 amide bonds. The molecule has 2 heterocycles. The molecule has 4 nitrogen and oxygen atoms in total. The number of benzene rings is 1. The Morgan fingerprint density at radius 3 is 2.46 bits per heavy atom. The molecule has 0 bridgehead atoms. The van der Waals surface area contributed by atoms with Gasteiger partial charge in [-0.15, -0.1) is 0 Å². The minimum absolute atomic E-state index is 0.849. The van der Waals surface area contributed by atoms with Crippen molar-refractivity contribution >= 4 is 0 Å². The first-order valence-electron chi connectivity index (χ1n) is 8.36. The van der Waals surface area contributed by atoms with Gasteiger partial charge in [0.1, 0.15) is 0 Å². The average molecular weight is 320 g/mol. The first-order chi connectivity index (χ1) is 11.7. The molecule has 3 rings (SSSR count). The predicted molar refractivity (Wildman–Crippen MR) is 96.4 cm³/mol. The summed E-state index contributed by atoms with van der Waals surface area (Å²) in [4.78, 5) is 6.92. The Morgan fingerprint density at radius 1 is 1.00 bits per heavy atom. The summed E-state index contributed by atoms with van der Waals surface area (Å²) < 4.78 is 1.94. The molecular weight excluding hydrogens is 296 g/mol. The number of aryl methyl sites for hydroxylation is 1. The molecule has 0 aliphatic rings. The number of pyridine rings is 1. The highest BCUT2D eigenvalue weighted by atomic mass is 15.3. The van der Waals surface area contributed by atoms with Crippen LogP contribution in [0, 0.1) is 6.92 Å². The topological polar surface area (TPSA) is 34.0 Å². The highest BCUT2D eigenvalue weighted by Crippen LogP contribution is 2.13. The Balaban J connectivity index is 1.71. The van der Waals surface area contributed by atoms with Gasteiger partial charge in [0.05, 0.1) is 11.9 Å². The summed E-state index contributed by atoms with van der Waals surface area (Å²) in [6, 6.07) is 16.7. The van der Waals surface area contributed by atoms with Crippen LogP contribution in [0.15, 0.2) is 60.9 Å². The molecule has 2 aromatic heterocycles. The molecule has 0 spiro atoms. The van der Waals surface area contributed by atoms with Gasteiger partial charge in [-0.25, -0.2) is 0 Å². The van der Waals surface area contributed by atoms with Gasteiger partial charge in [0.2, 0.25) is 0 Å². The fourth-order valence-corrected chi connectivity index (χ4v) is 2.81. The van der Waals surface area contributed by atoms with Crippen LogP contribution in [0.2, 0.25) is 0 Å². The van der Waals surface area contributed by atoms with E-state index in [2.05, 4.69) is 58.3 Å². The molecule has 0 fully saturated rings. The molecule has 0 N–H and O–H groups in total. The first kappa shape index (κ1) is 16.4. The smallest absolute Gasteiger partial charge is 0.0544 e. The summed E-state index contributed by atoms with van der Waals surface area (Å²) in [7, 11) is 1.99. The number of nitrogens with zero attached hydrogens (tertiary/aromatic N) is 4. The zero-order chi connectivity index (χ0) is 16.8. The van der Waals surface area contributed by atoms with E-state index in [1.807, 2.05) is 36.3 Å². The second-order valence-electron chi connectivity index (χ2n) is 6.15. The normalized spacial score (nSPS) is 11.1. The second-order valence-corrected chi connectivity index (χ2v) is 6.15. The van der Waals surface area contributed by atoms with Crippen molar-refractivity contribution in [1.82, 2.24) is 19.7 Å². The van der Waals surface area contributed by atoms with Gasteiger partial charge >= 0.3 is 0 Å². The van der Waals surface area contributed by atoms with Crippen molar-refractivity contribution < 1.29 is 0 Å². The van der Waals surface area contributed by atoms with E-state index >= 15 is 0 Å². The Labute approximate surface area is 143 Å². The number of rotatable bonds is 7. The van der Waals surface area contributed by atoms with E-state index in [1.54, 1.807) is 0 Å². The molecule has 0 saturated heterocycles. The number of aromatic nitrogens is 3. The summed E-state index contributed by atoms with van der Waals surface area (Å²) in [5.41, 5.74) is 4.97. The zero-order valence-electron chi connectivity index (χ0n) is 14.4. The van der Waals surface area contributed by atoms with Crippen LogP contribution in [0.5, 0.6) is 0 Å². The van der Waals surface area contributed by atoms with Gasteiger partial charge < -0.3 is 0 Å². The maximum atomic E-state index is 4.48. The van der Waals surface area contributed by atoms with Crippen molar-refractivity contribution in [3.05, 3.63) is 83.4 Å². The van der Waals surface area contributed by atoms with Crippen LogP contribution in [0.3, 0.4) is 0 Å². The van der Waals surface area contributed by atoms with Gasteiger partial charge in [0.25, 0.3) is 0 Å². The number of hydrogen-bond acceptors (Lipinski definition) is 3. The molecule has 3 aromatic rings. The lowest BCUT2D eigenvalue weighted by Gasteiger charge is -2.22. The maximum absolute atomic E-state index is 4.48. The third-order valence-corrected chi connectivity index (χ3v) is 4.40. The summed E-state index contributed by atoms with van der Waals surface area (Å²) in [5, 5.41) is 4.37. The first-order valence-corrected chi connectivity index (χ1v) is 8.36. The molecule has 4 heteroatoms. The summed E-state index contributed by atoms with van der Waals surface area (Å²) in [6.45, 7) is 4.86. The molecule has 0 aliphatic heterocycles. The Hall–Kier alpha value is -2.46. The monoisotopic (exact) mass is 320 g/mol. The van der Waals surface area contributed by atoms with Crippen LogP contribution in [0.25, 0.3) is 0 Å². The Morgan fingerprint density at radius 2 is 1.79 bits per heavy atom. The second kappa shape index (κ2) is 7.88. The lowest BCUT2D eigenvalue weighted by molar-refractivity contribution is 0.256. The standard InChI is InChI=1S/C20H24N4/c1-17-19(14-22-23(17)2)15-24(16-20-10-6-7-12-21-20)13-11-18-8-4-3-5-9-18/h3-10,12,14H,11,13,15-16H2,1-2H3. The van der Waals surface area contributed by atoms with Gasteiger partial charge in [0, 0.05) is 44.1 Å². The van der Waals surface area contributed by atoms with E-state index < -0.39 is 0 Å². The van der Waals surface area contributed by atoms with E-state index in [0.29, 0.717) is 0 Å². The van der Waals surface area contributed by atoms with E-state index in [4.69, 9.17) is 0 Å². The Kier molecular flexibility index (Phi) is 5.39. The minimum atomic E-state index is 0.849. The largest absolute Gasteiger partial charge is 0.293 e. The quantitative estimate of drug-likeness (QED) is 0.669. The van der Waals surface area contributed by atoms with Gasteiger partial charge in [-0.1, -0.05) is 36.4 Å². The minimum Gasteiger partial charge on any atom is -0.293 e. The SMILES string of the molecule is Cc1c(CN(CCc2ccccc2)Cc2ccccn2)cnn1C. The van der Waals surface area contributed by atoms with Gasteiger partial charge in [0.15, 0.2) is 0 Å². The van der Waals surface area contributed by atoms with E-state index in [0.717, 1.165) is 31.7 Å². The van der Waals surface area contributed by atoms with Crippen LogP contribution in [0.1, 0.15) is 22.5 Å². The van der Waals surface area contributed by atoms with Gasteiger partial charge in [-0.2, -0.15) is 5.10 Å². The molecule has 0 unspecified atom stereocenters.